The quantitative estimate of drug-likeness (QED) is 0.329. The summed E-state index contributed by atoms with van der Waals surface area (Å²) in [7, 11) is 0. The molecule has 3 aromatic carbocycles. The number of fused-ring (bicyclic) bond motifs is 1. The Kier molecular flexibility index (Phi) is 5.68. The standard InChI is InChI=1S/C22H17F5O/c1-2-3-4-14-5-7-15(8-6-14)16-9-10-18-17(11-16)12-19(23)21(20(18)24)28-13-22(25,26)27/h2,5-12H,1,3-4,13H2. The van der Waals surface area contributed by atoms with Gasteiger partial charge in [-0.2, -0.15) is 13.2 Å². The average molecular weight is 392 g/mol. The van der Waals surface area contributed by atoms with Crippen LogP contribution < -0.4 is 4.74 Å². The third-order valence-corrected chi connectivity index (χ3v) is 4.29. The van der Waals surface area contributed by atoms with E-state index in [1.165, 1.54) is 6.07 Å². The molecule has 0 heterocycles. The van der Waals surface area contributed by atoms with Gasteiger partial charge in [0.1, 0.15) is 0 Å². The van der Waals surface area contributed by atoms with E-state index >= 15 is 0 Å². The van der Waals surface area contributed by atoms with E-state index in [0.29, 0.717) is 0 Å². The lowest BCUT2D eigenvalue weighted by Gasteiger charge is -2.13. The summed E-state index contributed by atoms with van der Waals surface area (Å²) < 4.78 is 69.8. The van der Waals surface area contributed by atoms with E-state index in [2.05, 4.69) is 11.3 Å². The molecule has 0 radical (unpaired) electrons. The van der Waals surface area contributed by atoms with Gasteiger partial charge in [0, 0.05) is 5.39 Å². The molecule has 0 N–H and O–H groups in total. The van der Waals surface area contributed by atoms with Gasteiger partial charge < -0.3 is 4.74 Å². The van der Waals surface area contributed by atoms with Crippen LogP contribution in [0.5, 0.6) is 5.75 Å². The van der Waals surface area contributed by atoms with Gasteiger partial charge in [0.25, 0.3) is 0 Å². The predicted octanol–water partition coefficient (Wildman–Crippen LogP) is 6.84. The topological polar surface area (TPSA) is 9.23 Å². The summed E-state index contributed by atoms with van der Waals surface area (Å²) in [5.74, 6) is -3.35. The molecule has 0 bridgehead atoms. The fourth-order valence-corrected chi connectivity index (χ4v) is 2.91. The van der Waals surface area contributed by atoms with E-state index < -0.39 is 30.2 Å². The van der Waals surface area contributed by atoms with Crippen LogP contribution >= 0.6 is 0 Å². The van der Waals surface area contributed by atoms with Crippen molar-refractivity contribution in [3.63, 3.8) is 0 Å². The second-order valence-corrected chi connectivity index (χ2v) is 6.37. The maximum atomic E-state index is 14.5. The maximum Gasteiger partial charge on any atom is 0.422 e. The molecule has 1 nitrogen and oxygen atoms in total. The summed E-state index contributed by atoms with van der Waals surface area (Å²) in [4.78, 5) is 0. The third kappa shape index (κ3) is 4.50. The highest BCUT2D eigenvalue weighted by Gasteiger charge is 2.30. The molecule has 0 unspecified atom stereocenters. The summed E-state index contributed by atoms with van der Waals surface area (Å²) >= 11 is 0. The molecule has 0 aromatic heterocycles. The summed E-state index contributed by atoms with van der Waals surface area (Å²) in [5, 5.41) is 0.229. The van der Waals surface area contributed by atoms with Gasteiger partial charge in [-0.3, -0.25) is 0 Å². The highest BCUT2D eigenvalue weighted by molar-refractivity contribution is 5.89. The van der Waals surface area contributed by atoms with Crippen LogP contribution in [-0.4, -0.2) is 12.8 Å². The van der Waals surface area contributed by atoms with Crippen molar-refractivity contribution in [1.29, 1.82) is 0 Å². The number of alkyl halides is 3. The van der Waals surface area contributed by atoms with Gasteiger partial charge in [-0.05, 0) is 47.1 Å². The zero-order valence-electron chi connectivity index (χ0n) is 14.8. The summed E-state index contributed by atoms with van der Waals surface area (Å²) in [6.07, 6.45) is -1.10. The van der Waals surface area contributed by atoms with Crippen LogP contribution in [0.15, 0.2) is 61.2 Å². The Morgan fingerprint density at radius 3 is 2.25 bits per heavy atom. The first kappa shape index (κ1) is 19.9. The molecule has 146 valence electrons. The fraction of sp³-hybridized carbons (Fsp3) is 0.182. The molecule has 0 aliphatic rings. The molecule has 0 saturated carbocycles. The van der Waals surface area contributed by atoms with Gasteiger partial charge in [0.05, 0.1) is 0 Å². The van der Waals surface area contributed by atoms with Gasteiger partial charge in [-0.15, -0.1) is 6.58 Å². The second-order valence-electron chi connectivity index (χ2n) is 6.37. The molecule has 0 amide bonds. The summed E-state index contributed by atoms with van der Waals surface area (Å²) in [5.41, 5.74) is 2.75. The van der Waals surface area contributed by atoms with E-state index in [9.17, 15) is 22.0 Å². The SMILES string of the molecule is C=CCCc1ccc(-c2ccc3c(F)c(OCC(F)(F)F)c(F)cc3c2)cc1. The first-order valence-electron chi connectivity index (χ1n) is 8.60. The minimum atomic E-state index is -4.68. The van der Waals surface area contributed by atoms with Crippen molar-refractivity contribution in [2.24, 2.45) is 0 Å². The zero-order chi connectivity index (χ0) is 20.3. The monoisotopic (exact) mass is 392 g/mol. The van der Waals surface area contributed by atoms with Crippen LogP contribution in [0, 0.1) is 11.6 Å². The van der Waals surface area contributed by atoms with Crippen LogP contribution in [0.25, 0.3) is 21.9 Å². The Hall–Kier alpha value is -2.89. The number of allylic oxidation sites excluding steroid dienone is 1. The summed E-state index contributed by atoms with van der Waals surface area (Å²) in [6.45, 7) is 1.93. The van der Waals surface area contributed by atoms with Crippen molar-refractivity contribution >= 4 is 10.8 Å². The average Bonchev–Trinajstić information content (AvgIpc) is 2.65. The van der Waals surface area contributed by atoms with Gasteiger partial charge in [-0.1, -0.05) is 42.5 Å². The summed E-state index contributed by atoms with van der Waals surface area (Å²) in [6, 6.07) is 13.4. The number of rotatable bonds is 6. The molecule has 0 saturated heterocycles. The molecule has 28 heavy (non-hydrogen) atoms. The lowest BCUT2D eigenvalue weighted by atomic mass is 9.99. The van der Waals surface area contributed by atoms with Gasteiger partial charge in [-0.25, -0.2) is 8.78 Å². The van der Waals surface area contributed by atoms with Gasteiger partial charge in [0.2, 0.25) is 0 Å². The Morgan fingerprint density at radius 1 is 0.929 bits per heavy atom. The van der Waals surface area contributed by atoms with Crippen molar-refractivity contribution in [2.45, 2.75) is 19.0 Å². The Bertz CT molecular complexity index is 990. The molecule has 3 aromatic rings. The molecule has 0 aliphatic carbocycles. The molecule has 0 spiro atoms. The van der Waals surface area contributed by atoms with E-state index in [4.69, 9.17) is 0 Å². The number of aryl methyl sites for hydroxylation is 1. The maximum absolute atomic E-state index is 14.5. The van der Waals surface area contributed by atoms with Crippen LogP contribution in [0.3, 0.4) is 0 Å². The number of hydrogen-bond acceptors (Lipinski definition) is 1. The Balaban J connectivity index is 1.92. The number of ether oxygens (including phenoxy) is 1. The molecule has 0 aliphatic heterocycles. The Morgan fingerprint density at radius 2 is 1.61 bits per heavy atom. The fourth-order valence-electron chi connectivity index (χ4n) is 2.91. The largest absolute Gasteiger partial charge is 0.478 e. The molecule has 0 atom stereocenters. The lowest BCUT2D eigenvalue weighted by Crippen LogP contribution is -2.20. The smallest absolute Gasteiger partial charge is 0.422 e. The third-order valence-electron chi connectivity index (χ3n) is 4.29. The van der Waals surface area contributed by atoms with Crippen molar-refractivity contribution < 1.29 is 26.7 Å². The van der Waals surface area contributed by atoms with E-state index in [0.717, 1.165) is 35.6 Å². The van der Waals surface area contributed by atoms with Crippen LogP contribution in [0.4, 0.5) is 22.0 Å². The highest BCUT2D eigenvalue weighted by Crippen LogP contribution is 2.33. The van der Waals surface area contributed by atoms with E-state index in [1.54, 1.807) is 12.1 Å². The van der Waals surface area contributed by atoms with Crippen molar-refractivity contribution in [2.75, 3.05) is 6.61 Å². The van der Waals surface area contributed by atoms with Crippen LogP contribution in [0.1, 0.15) is 12.0 Å². The Labute approximate surface area is 159 Å². The van der Waals surface area contributed by atoms with Crippen LogP contribution in [-0.2, 0) is 6.42 Å². The minimum absolute atomic E-state index is 0.00933. The van der Waals surface area contributed by atoms with E-state index in [-0.39, 0.29) is 10.8 Å². The van der Waals surface area contributed by atoms with E-state index in [1.807, 2.05) is 30.3 Å². The molecule has 3 rings (SSSR count). The number of hydrogen-bond donors (Lipinski definition) is 0. The number of benzene rings is 3. The van der Waals surface area contributed by atoms with Gasteiger partial charge in [0.15, 0.2) is 24.0 Å². The van der Waals surface area contributed by atoms with Crippen LogP contribution in [0.2, 0.25) is 0 Å². The van der Waals surface area contributed by atoms with Gasteiger partial charge >= 0.3 is 6.18 Å². The molecular weight excluding hydrogens is 375 g/mol. The first-order valence-corrected chi connectivity index (χ1v) is 8.60. The molecular formula is C22H17F5O. The minimum Gasteiger partial charge on any atom is -0.478 e. The van der Waals surface area contributed by atoms with Crippen molar-refractivity contribution in [3.8, 4) is 16.9 Å². The first-order chi connectivity index (χ1) is 13.3. The molecule has 0 fully saturated rings. The second kappa shape index (κ2) is 8.00. The lowest BCUT2D eigenvalue weighted by molar-refractivity contribution is -0.154. The highest BCUT2D eigenvalue weighted by atomic mass is 19.4. The number of halogens is 5. The van der Waals surface area contributed by atoms with Crippen molar-refractivity contribution in [3.05, 3.63) is 78.4 Å². The van der Waals surface area contributed by atoms with Crippen molar-refractivity contribution in [1.82, 2.24) is 0 Å². The zero-order valence-corrected chi connectivity index (χ0v) is 14.8. The normalized spacial score (nSPS) is 11.6. The molecule has 6 heteroatoms. The predicted molar refractivity (Wildman–Crippen MR) is 99.4 cm³/mol.